The smallest absolute Gasteiger partial charge is 0.0216 e. The van der Waals surface area contributed by atoms with Crippen LogP contribution >= 0.6 is 0 Å². The summed E-state index contributed by atoms with van der Waals surface area (Å²) in [6.07, 6.45) is 4.53. The molecule has 1 aliphatic heterocycles. The Morgan fingerprint density at radius 2 is 2.18 bits per heavy atom. The van der Waals surface area contributed by atoms with Crippen LogP contribution in [0.1, 0.15) is 11.3 Å². The summed E-state index contributed by atoms with van der Waals surface area (Å²) in [5, 5.41) is 3.39. The number of nitrogens with one attached hydrogen (secondary N) is 1. The molecule has 0 aromatic carbocycles. The van der Waals surface area contributed by atoms with Gasteiger partial charge in [0, 0.05) is 31.9 Å². The lowest BCUT2D eigenvalue weighted by Gasteiger charge is -2.01. The van der Waals surface area contributed by atoms with Gasteiger partial charge in [0.25, 0.3) is 0 Å². The van der Waals surface area contributed by atoms with Crippen molar-refractivity contribution in [2.45, 2.75) is 12.8 Å². The molecule has 0 amide bonds. The lowest BCUT2D eigenvalue weighted by molar-refractivity contribution is 0.696. The highest BCUT2D eigenvalue weighted by Crippen LogP contribution is 2.12. The van der Waals surface area contributed by atoms with Gasteiger partial charge in [-0.25, -0.2) is 0 Å². The van der Waals surface area contributed by atoms with Crippen molar-refractivity contribution in [3.8, 4) is 0 Å². The second-order valence-corrected chi connectivity index (χ2v) is 3.15. The van der Waals surface area contributed by atoms with Crippen LogP contribution in [-0.4, -0.2) is 17.7 Å². The normalized spacial score (nSPS) is 17.5. The lowest BCUT2D eigenvalue weighted by atomic mass is 10.1. The second-order valence-electron chi connectivity index (χ2n) is 3.15. The van der Waals surface area contributed by atoms with Gasteiger partial charge in [-0.1, -0.05) is 0 Å². The molecule has 1 aromatic rings. The van der Waals surface area contributed by atoms with Crippen molar-refractivity contribution >= 4 is 0 Å². The molecule has 0 atom stereocenters. The van der Waals surface area contributed by atoms with Gasteiger partial charge in [0.2, 0.25) is 0 Å². The zero-order valence-electron chi connectivity index (χ0n) is 6.93. The van der Waals surface area contributed by atoms with E-state index in [9.17, 15) is 0 Å². The highest BCUT2D eigenvalue weighted by atomic mass is 14.9. The Bertz CT molecular complexity index is 250. The van der Waals surface area contributed by atoms with Gasteiger partial charge in [-0.15, -0.1) is 0 Å². The Balaban J connectivity index is 2.35. The average Bonchev–Trinajstić information content (AvgIpc) is 2.25. The topological polar surface area (TPSA) is 17.0 Å². The highest BCUT2D eigenvalue weighted by Gasteiger charge is 2.08. The SMILES string of the molecule is Cn1ccc2c1CCNCC2. The van der Waals surface area contributed by atoms with Gasteiger partial charge in [0.15, 0.2) is 0 Å². The van der Waals surface area contributed by atoms with Crippen LogP contribution in [0.3, 0.4) is 0 Å². The Hall–Kier alpha value is -0.760. The van der Waals surface area contributed by atoms with E-state index in [1.807, 2.05) is 0 Å². The minimum atomic E-state index is 1.13. The predicted molar refractivity (Wildman–Crippen MR) is 45.7 cm³/mol. The number of rotatable bonds is 0. The summed E-state index contributed by atoms with van der Waals surface area (Å²) in [5.41, 5.74) is 3.03. The molecule has 0 unspecified atom stereocenters. The van der Waals surface area contributed by atoms with E-state index in [0.717, 1.165) is 13.1 Å². The van der Waals surface area contributed by atoms with Gasteiger partial charge in [0.1, 0.15) is 0 Å². The number of hydrogen-bond donors (Lipinski definition) is 1. The van der Waals surface area contributed by atoms with Gasteiger partial charge >= 0.3 is 0 Å². The molecular weight excluding hydrogens is 136 g/mol. The van der Waals surface area contributed by atoms with Gasteiger partial charge in [-0.05, 0) is 24.6 Å². The monoisotopic (exact) mass is 150 g/mol. The summed E-state index contributed by atoms with van der Waals surface area (Å²) in [4.78, 5) is 0. The molecule has 2 heteroatoms. The van der Waals surface area contributed by atoms with Crippen LogP contribution in [0.5, 0.6) is 0 Å². The molecular formula is C9H14N2. The van der Waals surface area contributed by atoms with Gasteiger partial charge < -0.3 is 9.88 Å². The van der Waals surface area contributed by atoms with Crippen LogP contribution in [-0.2, 0) is 19.9 Å². The molecule has 0 fully saturated rings. The third-order valence-electron chi connectivity index (χ3n) is 2.41. The van der Waals surface area contributed by atoms with Gasteiger partial charge in [-0.2, -0.15) is 0 Å². The third-order valence-corrected chi connectivity index (χ3v) is 2.41. The molecule has 1 N–H and O–H groups in total. The molecule has 0 bridgehead atoms. The van der Waals surface area contributed by atoms with Crippen molar-refractivity contribution in [2.75, 3.05) is 13.1 Å². The molecule has 2 nitrogen and oxygen atoms in total. The van der Waals surface area contributed by atoms with E-state index in [0.29, 0.717) is 0 Å². The van der Waals surface area contributed by atoms with Crippen molar-refractivity contribution in [3.05, 3.63) is 23.5 Å². The summed E-state index contributed by atoms with van der Waals surface area (Å²) in [6.45, 7) is 2.27. The van der Waals surface area contributed by atoms with Crippen LogP contribution in [0.15, 0.2) is 12.3 Å². The van der Waals surface area contributed by atoms with E-state index in [4.69, 9.17) is 0 Å². The molecule has 0 radical (unpaired) electrons. The zero-order chi connectivity index (χ0) is 7.68. The predicted octanol–water partition coefficient (Wildman–Crippen LogP) is 0.713. The minimum Gasteiger partial charge on any atom is -0.354 e. The van der Waals surface area contributed by atoms with E-state index in [1.165, 1.54) is 24.1 Å². The number of nitrogens with zero attached hydrogens (tertiary/aromatic N) is 1. The Labute approximate surface area is 67.2 Å². The summed E-state index contributed by atoms with van der Waals surface area (Å²) in [7, 11) is 2.13. The van der Waals surface area contributed by atoms with Crippen LogP contribution in [0.2, 0.25) is 0 Å². The van der Waals surface area contributed by atoms with E-state index in [-0.39, 0.29) is 0 Å². The van der Waals surface area contributed by atoms with Crippen LogP contribution < -0.4 is 5.32 Å². The van der Waals surface area contributed by atoms with E-state index in [1.54, 1.807) is 0 Å². The Morgan fingerprint density at radius 3 is 3.09 bits per heavy atom. The van der Waals surface area contributed by atoms with Crippen molar-refractivity contribution in [1.82, 2.24) is 9.88 Å². The summed E-state index contributed by atoms with van der Waals surface area (Å²) < 4.78 is 2.24. The first kappa shape index (κ1) is 6.92. The number of fused-ring (bicyclic) bond motifs is 1. The van der Waals surface area contributed by atoms with E-state index < -0.39 is 0 Å². The maximum atomic E-state index is 3.39. The van der Waals surface area contributed by atoms with Crippen molar-refractivity contribution < 1.29 is 0 Å². The molecule has 2 heterocycles. The van der Waals surface area contributed by atoms with Gasteiger partial charge in [-0.3, -0.25) is 0 Å². The quantitative estimate of drug-likeness (QED) is 0.576. The minimum absolute atomic E-state index is 1.13. The largest absolute Gasteiger partial charge is 0.354 e. The summed E-state index contributed by atoms with van der Waals surface area (Å²) >= 11 is 0. The average molecular weight is 150 g/mol. The fraction of sp³-hybridized carbons (Fsp3) is 0.556. The zero-order valence-corrected chi connectivity index (χ0v) is 6.93. The molecule has 0 spiro atoms. The molecule has 60 valence electrons. The number of aryl methyl sites for hydroxylation is 1. The second kappa shape index (κ2) is 2.70. The first-order chi connectivity index (χ1) is 5.38. The molecule has 0 saturated heterocycles. The Morgan fingerprint density at radius 1 is 1.36 bits per heavy atom. The number of hydrogen-bond acceptors (Lipinski definition) is 1. The molecule has 1 aromatic heterocycles. The van der Waals surface area contributed by atoms with Gasteiger partial charge in [0.05, 0.1) is 0 Å². The third kappa shape index (κ3) is 1.18. The fourth-order valence-electron chi connectivity index (χ4n) is 1.73. The molecule has 2 rings (SSSR count). The maximum absolute atomic E-state index is 3.39. The van der Waals surface area contributed by atoms with E-state index >= 15 is 0 Å². The number of aromatic nitrogens is 1. The maximum Gasteiger partial charge on any atom is 0.0216 e. The van der Waals surface area contributed by atoms with Crippen molar-refractivity contribution in [1.29, 1.82) is 0 Å². The summed E-state index contributed by atoms with van der Waals surface area (Å²) in [5.74, 6) is 0. The Kier molecular flexibility index (Phi) is 1.70. The van der Waals surface area contributed by atoms with E-state index in [2.05, 4.69) is 29.2 Å². The first-order valence-electron chi connectivity index (χ1n) is 4.22. The lowest BCUT2D eigenvalue weighted by Crippen LogP contribution is -2.16. The van der Waals surface area contributed by atoms with Crippen LogP contribution in [0, 0.1) is 0 Å². The fourth-order valence-corrected chi connectivity index (χ4v) is 1.73. The van der Waals surface area contributed by atoms with Crippen molar-refractivity contribution in [2.24, 2.45) is 7.05 Å². The first-order valence-corrected chi connectivity index (χ1v) is 4.22. The molecule has 0 aliphatic carbocycles. The molecule has 0 saturated carbocycles. The molecule has 1 aliphatic rings. The summed E-state index contributed by atoms with van der Waals surface area (Å²) in [6, 6.07) is 2.24. The highest BCUT2D eigenvalue weighted by molar-refractivity contribution is 5.23. The van der Waals surface area contributed by atoms with Crippen molar-refractivity contribution in [3.63, 3.8) is 0 Å². The van der Waals surface area contributed by atoms with Crippen LogP contribution in [0.4, 0.5) is 0 Å². The van der Waals surface area contributed by atoms with Crippen LogP contribution in [0.25, 0.3) is 0 Å². The standard InChI is InChI=1S/C9H14N2/c1-11-7-4-8-2-5-10-6-3-9(8)11/h4,7,10H,2-3,5-6H2,1H3. The molecule has 11 heavy (non-hydrogen) atoms.